The van der Waals surface area contributed by atoms with Gasteiger partial charge in [0, 0.05) is 26.3 Å². The van der Waals surface area contributed by atoms with E-state index < -0.39 is 0 Å². The Kier molecular flexibility index (Phi) is 5.12. The molecule has 25 heavy (non-hydrogen) atoms. The lowest BCUT2D eigenvalue weighted by Gasteiger charge is -2.25. The monoisotopic (exact) mass is 340 g/mol. The Balaban J connectivity index is 1.58. The molecular weight excluding hydrogens is 316 g/mol. The van der Waals surface area contributed by atoms with E-state index in [1.165, 1.54) is 0 Å². The van der Waals surface area contributed by atoms with Gasteiger partial charge in [0.15, 0.2) is 0 Å². The second-order valence-electron chi connectivity index (χ2n) is 6.46. The number of carbonyl (C=O) groups is 1. The molecule has 1 aliphatic heterocycles. The first-order chi connectivity index (χ1) is 12.1. The minimum Gasteiger partial charge on any atom is -0.497 e. The molecule has 0 fully saturated rings. The largest absolute Gasteiger partial charge is 0.497 e. The molecule has 0 unspecified atom stereocenters. The molecule has 0 spiro atoms. The van der Waals surface area contributed by atoms with Crippen molar-refractivity contribution in [2.24, 2.45) is 5.92 Å². The SMILES string of the molecule is COc1ccc2c(c1)C[C@H](C(=O)NCc1ccc(N(C)C)cc1)CO2. The number of nitrogens with zero attached hydrogens (tertiary/aromatic N) is 1. The summed E-state index contributed by atoms with van der Waals surface area (Å²) in [5.74, 6) is 1.46. The van der Waals surface area contributed by atoms with Gasteiger partial charge in [-0.2, -0.15) is 0 Å². The number of anilines is 1. The number of amides is 1. The first-order valence-corrected chi connectivity index (χ1v) is 8.40. The number of benzene rings is 2. The van der Waals surface area contributed by atoms with Gasteiger partial charge in [-0.15, -0.1) is 0 Å². The fourth-order valence-electron chi connectivity index (χ4n) is 2.91. The van der Waals surface area contributed by atoms with Gasteiger partial charge in [-0.1, -0.05) is 12.1 Å². The molecule has 2 aromatic carbocycles. The van der Waals surface area contributed by atoms with E-state index in [-0.39, 0.29) is 11.8 Å². The molecule has 1 atom stereocenters. The molecule has 0 aliphatic carbocycles. The minimum atomic E-state index is -0.180. The molecule has 0 radical (unpaired) electrons. The van der Waals surface area contributed by atoms with Crippen LogP contribution in [0.1, 0.15) is 11.1 Å². The van der Waals surface area contributed by atoms with Crippen molar-refractivity contribution in [1.82, 2.24) is 5.32 Å². The highest BCUT2D eigenvalue weighted by Crippen LogP contribution is 2.30. The predicted octanol–water partition coefficient (Wildman–Crippen LogP) is 2.63. The van der Waals surface area contributed by atoms with E-state index in [2.05, 4.69) is 5.32 Å². The van der Waals surface area contributed by atoms with Crippen LogP contribution in [-0.2, 0) is 17.8 Å². The van der Waals surface area contributed by atoms with Crippen LogP contribution in [0.25, 0.3) is 0 Å². The van der Waals surface area contributed by atoms with E-state index >= 15 is 0 Å². The number of hydrogen-bond acceptors (Lipinski definition) is 4. The van der Waals surface area contributed by atoms with Gasteiger partial charge in [-0.05, 0) is 47.9 Å². The molecule has 0 saturated heterocycles. The zero-order valence-electron chi connectivity index (χ0n) is 14.9. The standard InChI is InChI=1S/C20H24N2O3/c1-22(2)17-6-4-14(5-7-17)12-21-20(23)16-10-15-11-18(24-3)8-9-19(15)25-13-16/h4-9,11,16H,10,12-13H2,1-3H3,(H,21,23)/t16-/m0/s1. The Hall–Kier alpha value is -2.69. The summed E-state index contributed by atoms with van der Waals surface area (Å²) in [6.07, 6.45) is 0.665. The number of fused-ring (bicyclic) bond motifs is 1. The van der Waals surface area contributed by atoms with E-state index in [1.54, 1.807) is 7.11 Å². The average molecular weight is 340 g/mol. The highest BCUT2D eigenvalue weighted by Gasteiger charge is 2.26. The maximum absolute atomic E-state index is 12.5. The van der Waals surface area contributed by atoms with Gasteiger partial charge in [0.05, 0.1) is 13.0 Å². The molecule has 132 valence electrons. The third-order valence-corrected chi connectivity index (χ3v) is 4.46. The Morgan fingerprint density at radius 3 is 2.68 bits per heavy atom. The number of methoxy groups -OCH3 is 1. The topological polar surface area (TPSA) is 50.8 Å². The van der Waals surface area contributed by atoms with Gasteiger partial charge in [-0.3, -0.25) is 4.79 Å². The van der Waals surface area contributed by atoms with Gasteiger partial charge in [-0.25, -0.2) is 0 Å². The Labute approximate surface area is 148 Å². The van der Waals surface area contributed by atoms with Gasteiger partial charge >= 0.3 is 0 Å². The van der Waals surface area contributed by atoms with Gasteiger partial charge in [0.1, 0.15) is 18.1 Å². The lowest BCUT2D eigenvalue weighted by molar-refractivity contribution is -0.126. The number of nitrogens with one attached hydrogen (secondary N) is 1. The molecule has 0 saturated carbocycles. The third kappa shape index (κ3) is 4.05. The predicted molar refractivity (Wildman–Crippen MR) is 98.3 cm³/mol. The second-order valence-corrected chi connectivity index (χ2v) is 6.46. The fraction of sp³-hybridized carbons (Fsp3) is 0.350. The van der Waals surface area contributed by atoms with Crippen molar-refractivity contribution in [3.63, 3.8) is 0 Å². The molecule has 2 aromatic rings. The Morgan fingerprint density at radius 2 is 2.00 bits per heavy atom. The van der Waals surface area contributed by atoms with Gasteiger partial charge in [0.2, 0.25) is 5.91 Å². The lowest BCUT2D eigenvalue weighted by Crippen LogP contribution is -2.37. The zero-order chi connectivity index (χ0) is 17.8. The number of hydrogen-bond donors (Lipinski definition) is 1. The molecule has 5 heteroatoms. The smallest absolute Gasteiger partial charge is 0.227 e. The molecule has 0 aromatic heterocycles. The molecule has 1 heterocycles. The first kappa shape index (κ1) is 17.1. The van der Waals surface area contributed by atoms with Gasteiger partial charge < -0.3 is 19.7 Å². The summed E-state index contributed by atoms with van der Waals surface area (Å²) >= 11 is 0. The first-order valence-electron chi connectivity index (χ1n) is 8.40. The zero-order valence-corrected chi connectivity index (χ0v) is 14.9. The van der Waals surface area contributed by atoms with Crippen LogP contribution in [0.4, 0.5) is 5.69 Å². The maximum atomic E-state index is 12.5. The summed E-state index contributed by atoms with van der Waals surface area (Å²) < 4.78 is 11.0. The third-order valence-electron chi connectivity index (χ3n) is 4.46. The van der Waals surface area contributed by atoms with Crippen molar-refractivity contribution in [1.29, 1.82) is 0 Å². The van der Waals surface area contributed by atoms with Crippen LogP contribution in [0.3, 0.4) is 0 Å². The van der Waals surface area contributed by atoms with Crippen LogP contribution in [0.2, 0.25) is 0 Å². The van der Waals surface area contributed by atoms with Crippen LogP contribution < -0.4 is 19.7 Å². The summed E-state index contributed by atoms with van der Waals surface area (Å²) in [4.78, 5) is 14.5. The summed E-state index contributed by atoms with van der Waals surface area (Å²) in [6.45, 7) is 0.929. The number of rotatable bonds is 5. The van der Waals surface area contributed by atoms with Crippen LogP contribution in [0.15, 0.2) is 42.5 Å². The van der Waals surface area contributed by atoms with Crippen molar-refractivity contribution < 1.29 is 14.3 Å². The fourth-order valence-corrected chi connectivity index (χ4v) is 2.91. The van der Waals surface area contributed by atoms with E-state index in [4.69, 9.17) is 9.47 Å². The highest BCUT2D eigenvalue weighted by molar-refractivity contribution is 5.79. The van der Waals surface area contributed by atoms with Crippen LogP contribution in [0.5, 0.6) is 11.5 Å². The van der Waals surface area contributed by atoms with E-state index in [1.807, 2.05) is 61.5 Å². The molecule has 1 aliphatic rings. The van der Waals surface area contributed by atoms with E-state index in [9.17, 15) is 4.79 Å². The van der Waals surface area contributed by atoms with Crippen LogP contribution in [-0.4, -0.2) is 33.7 Å². The minimum absolute atomic E-state index is 0.0187. The summed E-state index contributed by atoms with van der Waals surface area (Å²) in [5.41, 5.74) is 3.24. The van der Waals surface area contributed by atoms with Crippen LogP contribution in [0, 0.1) is 5.92 Å². The molecule has 1 amide bonds. The Bertz CT molecular complexity index is 741. The maximum Gasteiger partial charge on any atom is 0.227 e. The quantitative estimate of drug-likeness (QED) is 0.909. The summed E-state index contributed by atoms with van der Waals surface area (Å²) in [6, 6.07) is 13.9. The second kappa shape index (κ2) is 7.47. The van der Waals surface area contributed by atoms with Crippen molar-refractivity contribution in [3.05, 3.63) is 53.6 Å². The van der Waals surface area contributed by atoms with Crippen molar-refractivity contribution in [3.8, 4) is 11.5 Å². The van der Waals surface area contributed by atoms with Crippen molar-refractivity contribution >= 4 is 11.6 Å². The summed E-state index contributed by atoms with van der Waals surface area (Å²) in [7, 11) is 5.65. The normalized spacial score (nSPS) is 15.7. The van der Waals surface area contributed by atoms with Crippen LogP contribution >= 0.6 is 0 Å². The lowest BCUT2D eigenvalue weighted by atomic mass is 9.95. The summed E-state index contributed by atoms with van der Waals surface area (Å²) in [5, 5.41) is 3.01. The molecular formula is C20H24N2O3. The van der Waals surface area contributed by atoms with Crippen molar-refractivity contribution in [2.45, 2.75) is 13.0 Å². The van der Waals surface area contributed by atoms with Crippen molar-refractivity contribution in [2.75, 3.05) is 32.7 Å². The number of carbonyl (C=O) groups excluding carboxylic acids is 1. The average Bonchev–Trinajstić information content (AvgIpc) is 2.65. The molecule has 5 nitrogen and oxygen atoms in total. The van der Waals surface area contributed by atoms with E-state index in [0.29, 0.717) is 19.6 Å². The number of ether oxygens (including phenoxy) is 2. The highest BCUT2D eigenvalue weighted by atomic mass is 16.5. The molecule has 3 rings (SSSR count). The molecule has 1 N–H and O–H groups in total. The molecule has 0 bridgehead atoms. The van der Waals surface area contributed by atoms with E-state index in [0.717, 1.165) is 28.3 Å². The Morgan fingerprint density at radius 1 is 1.24 bits per heavy atom. The van der Waals surface area contributed by atoms with Gasteiger partial charge in [0.25, 0.3) is 0 Å².